The number of carbonyl (C=O) groups excluding carboxylic acids is 2. The van der Waals surface area contributed by atoms with E-state index in [9.17, 15) is 9.59 Å². The molecule has 2 amide bonds. The summed E-state index contributed by atoms with van der Waals surface area (Å²) in [5, 5.41) is 12.2. The predicted octanol–water partition coefficient (Wildman–Crippen LogP) is 1.95. The quantitative estimate of drug-likeness (QED) is 0.805. The van der Waals surface area contributed by atoms with E-state index in [0.29, 0.717) is 10.7 Å². The van der Waals surface area contributed by atoms with Gasteiger partial charge in [0.2, 0.25) is 5.91 Å². The van der Waals surface area contributed by atoms with Crippen LogP contribution in [0.25, 0.3) is 0 Å². The number of thiophene rings is 1. The molecule has 0 saturated carbocycles. The van der Waals surface area contributed by atoms with Crippen molar-refractivity contribution in [3.63, 3.8) is 0 Å². The molecule has 0 bridgehead atoms. The van der Waals surface area contributed by atoms with Crippen LogP contribution in [0.2, 0.25) is 0 Å². The highest BCUT2D eigenvalue weighted by Gasteiger charge is 2.19. The van der Waals surface area contributed by atoms with Gasteiger partial charge >= 0.3 is 0 Å². The van der Waals surface area contributed by atoms with E-state index in [4.69, 9.17) is 0 Å². The summed E-state index contributed by atoms with van der Waals surface area (Å²) in [4.78, 5) is 25.9. The molecule has 3 rings (SSSR count). The van der Waals surface area contributed by atoms with E-state index < -0.39 is 0 Å². The number of anilines is 1. The lowest BCUT2D eigenvalue weighted by Crippen LogP contribution is -2.32. The van der Waals surface area contributed by atoms with E-state index in [1.807, 2.05) is 19.9 Å². The van der Waals surface area contributed by atoms with Crippen LogP contribution in [-0.2, 0) is 17.6 Å². The predicted molar refractivity (Wildman–Crippen MR) is 85.4 cm³/mol. The Labute approximate surface area is 132 Å². The smallest absolute Gasteiger partial charge is 0.261 e. The molecule has 0 saturated heterocycles. The second-order valence-electron chi connectivity index (χ2n) is 5.47. The average molecular weight is 318 g/mol. The zero-order chi connectivity index (χ0) is 15.7. The third-order valence-corrected chi connectivity index (χ3v) is 5.13. The number of carbonyl (C=O) groups is 2. The minimum atomic E-state index is -0.285. The Morgan fingerprint density at radius 1 is 1.36 bits per heavy atom. The van der Waals surface area contributed by atoms with E-state index in [1.54, 1.807) is 0 Å². The SMILES string of the molecule is Cc1[nH]nc(NC(=O)CNC(=O)c2cc3c(s2)CCC3)c1C. The van der Waals surface area contributed by atoms with Gasteiger partial charge in [-0.1, -0.05) is 0 Å². The monoisotopic (exact) mass is 318 g/mol. The number of aromatic nitrogens is 2. The fourth-order valence-corrected chi connectivity index (χ4v) is 3.64. The molecule has 2 heterocycles. The van der Waals surface area contributed by atoms with Gasteiger partial charge in [-0.2, -0.15) is 5.10 Å². The number of H-pyrrole nitrogens is 1. The maximum atomic E-state index is 12.1. The Morgan fingerprint density at radius 3 is 2.86 bits per heavy atom. The number of nitrogens with zero attached hydrogens (tertiary/aromatic N) is 1. The molecule has 22 heavy (non-hydrogen) atoms. The third-order valence-electron chi connectivity index (χ3n) is 3.89. The summed E-state index contributed by atoms with van der Waals surface area (Å²) in [6.45, 7) is 3.70. The molecule has 0 aliphatic heterocycles. The highest BCUT2D eigenvalue weighted by molar-refractivity contribution is 7.14. The summed E-state index contributed by atoms with van der Waals surface area (Å²) >= 11 is 1.53. The molecule has 0 fully saturated rings. The number of rotatable bonds is 4. The van der Waals surface area contributed by atoms with Gasteiger partial charge in [0.05, 0.1) is 11.4 Å². The first-order valence-electron chi connectivity index (χ1n) is 7.26. The number of hydrogen-bond acceptors (Lipinski definition) is 4. The first-order chi connectivity index (χ1) is 10.5. The van der Waals surface area contributed by atoms with Crippen molar-refractivity contribution in [2.24, 2.45) is 0 Å². The highest BCUT2D eigenvalue weighted by atomic mass is 32.1. The van der Waals surface area contributed by atoms with Crippen LogP contribution in [0.1, 0.15) is 37.8 Å². The van der Waals surface area contributed by atoms with Gasteiger partial charge in [0, 0.05) is 16.1 Å². The van der Waals surface area contributed by atoms with Crippen LogP contribution in [0, 0.1) is 13.8 Å². The molecule has 3 N–H and O–H groups in total. The van der Waals surface area contributed by atoms with Gasteiger partial charge in [-0.3, -0.25) is 14.7 Å². The Bertz CT molecular complexity index is 710. The largest absolute Gasteiger partial charge is 0.342 e. The first kappa shape index (κ1) is 14.8. The standard InChI is InChI=1S/C15H18N4O2S/c1-8-9(2)18-19-14(8)17-13(20)7-16-15(21)12-6-10-4-3-5-11(10)22-12/h6H,3-5,7H2,1-2H3,(H,16,21)(H2,17,18,19,20). The van der Waals surface area contributed by atoms with Gasteiger partial charge in [0.15, 0.2) is 5.82 Å². The number of aromatic amines is 1. The van der Waals surface area contributed by atoms with Crippen LogP contribution in [-0.4, -0.2) is 28.6 Å². The molecule has 6 nitrogen and oxygen atoms in total. The summed E-state index contributed by atoms with van der Waals surface area (Å²) in [6, 6.07) is 1.95. The molecule has 7 heteroatoms. The van der Waals surface area contributed by atoms with E-state index in [2.05, 4.69) is 20.8 Å². The van der Waals surface area contributed by atoms with E-state index in [-0.39, 0.29) is 18.4 Å². The van der Waals surface area contributed by atoms with Gasteiger partial charge < -0.3 is 10.6 Å². The fourth-order valence-electron chi connectivity index (χ4n) is 2.47. The first-order valence-corrected chi connectivity index (χ1v) is 8.07. The average Bonchev–Trinajstić information content (AvgIpc) is 3.15. The number of fused-ring (bicyclic) bond motifs is 1. The van der Waals surface area contributed by atoms with Crippen molar-refractivity contribution >= 4 is 29.0 Å². The van der Waals surface area contributed by atoms with Crippen molar-refractivity contribution in [2.45, 2.75) is 33.1 Å². The van der Waals surface area contributed by atoms with Crippen molar-refractivity contribution in [3.05, 3.63) is 32.6 Å². The van der Waals surface area contributed by atoms with Gasteiger partial charge in [-0.25, -0.2) is 0 Å². The van der Waals surface area contributed by atoms with Gasteiger partial charge in [-0.05, 0) is 44.7 Å². The minimum absolute atomic E-state index is 0.0628. The molecule has 0 unspecified atom stereocenters. The Morgan fingerprint density at radius 2 is 2.18 bits per heavy atom. The lowest BCUT2D eigenvalue weighted by Gasteiger charge is -2.05. The lowest BCUT2D eigenvalue weighted by atomic mass is 10.2. The molecule has 116 valence electrons. The summed E-state index contributed by atoms with van der Waals surface area (Å²) in [7, 11) is 0. The van der Waals surface area contributed by atoms with Crippen molar-refractivity contribution in [1.82, 2.24) is 15.5 Å². The lowest BCUT2D eigenvalue weighted by molar-refractivity contribution is -0.115. The summed E-state index contributed by atoms with van der Waals surface area (Å²) in [6.07, 6.45) is 3.29. The second kappa shape index (κ2) is 5.92. The zero-order valence-electron chi connectivity index (χ0n) is 12.6. The summed E-state index contributed by atoms with van der Waals surface area (Å²) < 4.78 is 0. The molecular formula is C15H18N4O2S. The van der Waals surface area contributed by atoms with Gasteiger partial charge in [0.1, 0.15) is 0 Å². The molecule has 2 aromatic rings. The third kappa shape index (κ3) is 2.89. The molecule has 0 radical (unpaired) electrons. The fraction of sp³-hybridized carbons (Fsp3) is 0.400. The Kier molecular flexibility index (Phi) is 3.98. The molecule has 1 aliphatic carbocycles. The van der Waals surface area contributed by atoms with Gasteiger partial charge in [0.25, 0.3) is 5.91 Å². The number of amides is 2. The second-order valence-corrected chi connectivity index (χ2v) is 6.60. The number of aryl methyl sites for hydroxylation is 3. The number of hydrogen-bond donors (Lipinski definition) is 3. The van der Waals surface area contributed by atoms with Crippen molar-refractivity contribution in [1.29, 1.82) is 0 Å². The summed E-state index contributed by atoms with van der Waals surface area (Å²) in [5.41, 5.74) is 3.09. The van der Waals surface area contributed by atoms with Crippen molar-refractivity contribution in [3.8, 4) is 0 Å². The van der Waals surface area contributed by atoms with Gasteiger partial charge in [-0.15, -0.1) is 11.3 Å². The number of nitrogens with one attached hydrogen (secondary N) is 3. The Hall–Kier alpha value is -2.15. The van der Waals surface area contributed by atoms with E-state index in [1.165, 1.54) is 28.2 Å². The Balaban J connectivity index is 1.54. The normalized spacial score (nSPS) is 13.0. The molecule has 0 spiro atoms. The van der Waals surface area contributed by atoms with E-state index in [0.717, 1.165) is 24.1 Å². The maximum absolute atomic E-state index is 12.1. The van der Waals surface area contributed by atoms with Crippen LogP contribution in [0.15, 0.2) is 6.07 Å². The highest BCUT2D eigenvalue weighted by Crippen LogP contribution is 2.30. The van der Waals surface area contributed by atoms with Crippen molar-refractivity contribution < 1.29 is 9.59 Å². The van der Waals surface area contributed by atoms with E-state index >= 15 is 0 Å². The van der Waals surface area contributed by atoms with Crippen LogP contribution < -0.4 is 10.6 Å². The van der Waals surface area contributed by atoms with Crippen LogP contribution in [0.3, 0.4) is 0 Å². The maximum Gasteiger partial charge on any atom is 0.261 e. The molecule has 1 aliphatic rings. The molecular weight excluding hydrogens is 300 g/mol. The zero-order valence-corrected chi connectivity index (χ0v) is 13.4. The van der Waals surface area contributed by atoms with Crippen LogP contribution in [0.4, 0.5) is 5.82 Å². The summed E-state index contributed by atoms with van der Waals surface area (Å²) in [5.74, 6) is 0.0309. The molecule has 2 aromatic heterocycles. The minimum Gasteiger partial charge on any atom is -0.342 e. The van der Waals surface area contributed by atoms with Crippen molar-refractivity contribution in [2.75, 3.05) is 11.9 Å². The molecule has 0 atom stereocenters. The topological polar surface area (TPSA) is 86.9 Å². The molecule has 0 aromatic carbocycles. The van der Waals surface area contributed by atoms with Crippen LogP contribution in [0.5, 0.6) is 0 Å². The van der Waals surface area contributed by atoms with Crippen LogP contribution >= 0.6 is 11.3 Å².